The fraction of sp³-hybridized carbons (Fsp3) is 0.174. The SMILES string of the molecule is CCNC(=O)COc1cccc(NC(=O)c2ccc(CNC(=O)c3cccs3)cc2)c1. The number of benzene rings is 2. The summed E-state index contributed by atoms with van der Waals surface area (Å²) < 4.78 is 5.44. The largest absolute Gasteiger partial charge is 0.484 e. The van der Waals surface area contributed by atoms with E-state index in [0.29, 0.717) is 35.0 Å². The molecule has 0 aliphatic carbocycles. The lowest BCUT2D eigenvalue weighted by Gasteiger charge is -2.10. The van der Waals surface area contributed by atoms with Crippen LogP contribution in [0.4, 0.5) is 5.69 Å². The highest BCUT2D eigenvalue weighted by atomic mass is 32.1. The van der Waals surface area contributed by atoms with E-state index in [0.717, 1.165) is 5.56 Å². The smallest absolute Gasteiger partial charge is 0.261 e. The molecule has 0 radical (unpaired) electrons. The van der Waals surface area contributed by atoms with Crippen LogP contribution in [0.25, 0.3) is 0 Å². The van der Waals surface area contributed by atoms with Crippen LogP contribution in [0.1, 0.15) is 32.5 Å². The number of hydrogen-bond acceptors (Lipinski definition) is 5. The number of carbonyl (C=O) groups excluding carboxylic acids is 3. The first kappa shape index (κ1) is 22.0. The average molecular weight is 438 g/mol. The number of amides is 3. The van der Waals surface area contributed by atoms with Crippen molar-refractivity contribution in [1.82, 2.24) is 10.6 Å². The molecule has 160 valence electrons. The minimum absolute atomic E-state index is 0.0876. The molecule has 1 aromatic heterocycles. The van der Waals surface area contributed by atoms with Gasteiger partial charge in [0, 0.05) is 30.4 Å². The number of carbonyl (C=O) groups is 3. The maximum atomic E-state index is 12.5. The molecule has 0 saturated heterocycles. The molecule has 2 aromatic carbocycles. The predicted octanol–water partition coefficient (Wildman–Crippen LogP) is 3.45. The zero-order chi connectivity index (χ0) is 22.1. The number of likely N-dealkylation sites (N-methyl/N-ethyl adjacent to an activating group) is 1. The first-order chi connectivity index (χ1) is 15.0. The Bertz CT molecular complexity index is 1030. The van der Waals surface area contributed by atoms with E-state index >= 15 is 0 Å². The van der Waals surface area contributed by atoms with Crippen LogP contribution in [0.5, 0.6) is 5.75 Å². The number of thiophene rings is 1. The van der Waals surface area contributed by atoms with E-state index in [-0.39, 0.29) is 24.3 Å². The zero-order valence-corrected chi connectivity index (χ0v) is 17.8. The maximum absolute atomic E-state index is 12.5. The van der Waals surface area contributed by atoms with Crippen LogP contribution in [0.3, 0.4) is 0 Å². The molecule has 0 spiro atoms. The molecule has 7 nitrogen and oxygen atoms in total. The van der Waals surface area contributed by atoms with Crippen molar-refractivity contribution in [2.45, 2.75) is 13.5 Å². The van der Waals surface area contributed by atoms with Crippen molar-refractivity contribution in [2.24, 2.45) is 0 Å². The quantitative estimate of drug-likeness (QED) is 0.478. The van der Waals surface area contributed by atoms with Gasteiger partial charge in [-0.1, -0.05) is 24.3 Å². The van der Waals surface area contributed by atoms with Crippen molar-refractivity contribution in [3.05, 3.63) is 82.0 Å². The van der Waals surface area contributed by atoms with Crippen molar-refractivity contribution in [1.29, 1.82) is 0 Å². The molecule has 31 heavy (non-hydrogen) atoms. The summed E-state index contributed by atoms with van der Waals surface area (Å²) in [6, 6.07) is 17.5. The molecule has 8 heteroatoms. The van der Waals surface area contributed by atoms with Gasteiger partial charge in [-0.05, 0) is 48.2 Å². The van der Waals surface area contributed by atoms with E-state index in [1.54, 1.807) is 54.6 Å². The van der Waals surface area contributed by atoms with Crippen LogP contribution in [-0.2, 0) is 11.3 Å². The molecule has 3 rings (SSSR count). The van der Waals surface area contributed by atoms with Crippen LogP contribution in [0, 0.1) is 0 Å². The molecular weight excluding hydrogens is 414 g/mol. The van der Waals surface area contributed by atoms with Crippen LogP contribution in [0.15, 0.2) is 66.0 Å². The number of anilines is 1. The second-order valence-electron chi connectivity index (χ2n) is 6.58. The number of ether oxygens (including phenoxy) is 1. The number of nitrogens with one attached hydrogen (secondary N) is 3. The lowest BCUT2D eigenvalue weighted by atomic mass is 10.1. The highest BCUT2D eigenvalue weighted by molar-refractivity contribution is 7.12. The van der Waals surface area contributed by atoms with Crippen molar-refractivity contribution in [3.63, 3.8) is 0 Å². The van der Waals surface area contributed by atoms with E-state index < -0.39 is 0 Å². The zero-order valence-electron chi connectivity index (χ0n) is 17.0. The summed E-state index contributed by atoms with van der Waals surface area (Å²) in [5.74, 6) is -0.106. The molecule has 1 heterocycles. The molecule has 0 aliphatic heterocycles. The molecule has 0 unspecified atom stereocenters. The Morgan fingerprint density at radius 2 is 1.74 bits per heavy atom. The maximum Gasteiger partial charge on any atom is 0.261 e. The third kappa shape index (κ3) is 6.68. The highest BCUT2D eigenvalue weighted by Gasteiger charge is 2.09. The molecule has 0 atom stereocenters. The molecule has 3 amide bonds. The summed E-state index contributed by atoms with van der Waals surface area (Å²) >= 11 is 1.39. The van der Waals surface area contributed by atoms with Crippen LogP contribution in [-0.4, -0.2) is 30.9 Å². The minimum atomic E-state index is -0.268. The van der Waals surface area contributed by atoms with E-state index in [4.69, 9.17) is 4.74 Å². The Balaban J connectivity index is 1.53. The summed E-state index contributed by atoms with van der Waals surface area (Å²) in [7, 11) is 0. The summed E-state index contributed by atoms with van der Waals surface area (Å²) in [6.07, 6.45) is 0. The van der Waals surface area contributed by atoms with Crippen molar-refractivity contribution in [3.8, 4) is 5.75 Å². The fourth-order valence-corrected chi connectivity index (χ4v) is 3.36. The molecule has 0 bridgehead atoms. The third-order valence-electron chi connectivity index (χ3n) is 4.25. The normalized spacial score (nSPS) is 10.2. The van der Waals surface area contributed by atoms with Crippen LogP contribution >= 0.6 is 11.3 Å². The van der Waals surface area contributed by atoms with Gasteiger partial charge in [0.2, 0.25) is 0 Å². The lowest BCUT2D eigenvalue weighted by Crippen LogP contribution is -2.28. The monoisotopic (exact) mass is 437 g/mol. The Morgan fingerprint density at radius 3 is 2.45 bits per heavy atom. The summed E-state index contributed by atoms with van der Waals surface area (Å²) in [5, 5.41) is 10.2. The average Bonchev–Trinajstić information content (AvgIpc) is 3.32. The molecule has 3 N–H and O–H groups in total. The molecule has 0 fully saturated rings. The van der Waals surface area contributed by atoms with Gasteiger partial charge in [-0.2, -0.15) is 0 Å². The Kier molecular flexibility index (Phi) is 7.78. The fourth-order valence-electron chi connectivity index (χ4n) is 2.72. The van der Waals surface area contributed by atoms with Gasteiger partial charge in [-0.25, -0.2) is 0 Å². The number of rotatable bonds is 9. The van der Waals surface area contributed by atoms with E-state index in [1.165, 1.54) is 11.3 Å². The van der Waals surface area contributed by atoms with Crippen LogP contribution < -0.4 is 20.7 Å². The Morgan fingerprint density at radius 1 is 0.935 bits per heavy atom. The first-order valence-electron chi connectivity index (χ1n) is 9.76. The lowest BCUT2D eigenvalue weighted by molar-refractivity contribution is -0.122. The van der Waals surface area contributed by atoms with E-state index in [1.807, 2.05) is 18.4 Å². The summed E-state index contributed by atoms with van der Waals surface area (Å²) in [4.78, 5) is 36.7. The third-order valence-corrected chi connectivity index (χ3v) is 5.12. The molecular formula is C23H23N3O4S. The van der Waals surface area contributed by atoms with Gasteiger partial charge in [0.05, 0.1) is 4.88 Å². The Hall–Kier alpha value is -3.65. The van der Waals surface area contributed by atoms with Crippen molar-refractivity contribution < 1.29 is 19.1 Å². The van der Waals surface area contributed by atoms with E-state index in [9.17, 15) is 14.4 Å². The summed E-state index contributed by atoms with van der Waals surface area (Å²) in [6.45, 7) is 2.67. The van der Waals surface area contributed by atoms with Gasteiger partial charge < -0.3 is 20.7 Å². The van der Waals surface area contributed by atoms with Gasteiger partial charge in [-0.15, -0.1) is 11.3 Å². The second kappa shape index (κ2) is 10.9. The topological polar surface area (TPSA) is 96.5 Å². The molecule has 3 aromatic rings. The van der Waals surface area contributed by atoms with Crippen molar-refractivity contribution in [2.75, 3.05) is 18.5 Å². The van der Waals surface area contributed by atoms with Gasteiger partial charge in [0.15, 0.2) is 6.61 Å². The number of hydrogen-bond donors (Lipinski definition) is 3. The van der Waals surface area contributed by atoms with Crippen LogP contribution in [0.2, 0.25) is 0 Å². The first-order valence-corrected chi connectivity index (χ1v) is 10.6. The van der Waals surface area contributed by atoms with Gasteiger partial charge in [-0.3, -0.25) is 14.4 Å². The van der Waals surface area contributed by atoms with Gasteiger partial charge in [0.25, 0.3) is 17.7 Å². The predicted molar refractivity (Wildman–Crippen MR) is 121 cm³/mol. The molecule has 0 saturated carbocycles. The standard InChI is InChI=1S/C23H23N3O4S/c1-2-24-21(27)15-30-19-6-3-5-18(13-19)26-22(28)17-10-8-16(9-11-17)14-25-23(29)20-7-4-12-31-20/h3-13H,2,14-15H2,1H3,(H,24,27)(H,25,29)(H,26,28). The second-order valence-corrected chi connectivity index (χ2v) is 7.53. The van der Waals surface area contributed by atoms with Gasteiger partial charge >= 0.3 is 0 Å². The highest BCUT2D eigenvalue weighted by Crippen LogP contribution is 2.18. The molecule has 0 aliphatic rings. The van der Waals surface area contributed by atoms with Gasteiger partial charge in [0.1, 0.15) is 5.75 Å². The van der Waals surface area contributed by atoms with E-state index in [2.05, 4.69) is 16.0 Å². The summed E-state index contributed by atoms with van der Waals surface area (Å²) in [5.41, 5.74) is 1.94. The minimum Gasteiger partial charge on any atom is -0.484 e. The van der Waals surface area contributed by atoms with Crippen molar-refractivity contribution >= 4 is 34.7 Å². The Labute approximate surface area is 184 Å².